The Morgan fingerprint density at radius 1 is 1.67 bits per heavy atom. The van der Waals surface area contributed by atoms with Crippen LogP contribution >= 0.6 is 11.3 Å². The first-order valence-electron chi connectivity index (χ1n) is 3.95. The van der Waals surface area contributed by atoms with Crippen LogP contribution in [0.4, 0.5) is 0 Å². The standard InChI is InChI=1S/C10H13NS/c1-4-5-9(11-3)10-7-6-8(2)12-10/h1,6-7,9,11H,5H2,2-3H3. The molecule has 0 radical (unpaired) electrons. The van der Waals surface area contributed by atoms with Crippen molar-refractivity contribution in [3.63, 3.8) is 0 Å². The van der Waals surface area contributed by atoms with E-state index in [2.05, 4.69) is 30.3 Å². The van der Waals surface area contributed by atoms with Crippen LogP contribution in [0.2, 0.25) is 0 Å². The summed E-state index contributed by atoms with van der Waals surface area (Å²) in [6.45, 7) is 2.11. The van der Waals surface area contributed by atoms with Crippen molar-refractivity contribution in [2.75, 3.05) is 7.05 Å². The lowest BCUT2D eigenvalue weighted by molar-refractivity contribution is 0.622. The highest BCUT2D eigenvalue weighted by atomic mass is 32.1. The minimum atomic E-state index is 0.327. The first-order valence-corrected chi connectivity index (χ1v) is 4.76. The van der Waals surface area contributed by atoms with Crippen LogP contribution in [0.5, 0.6) is 0 Å². The Labute approximate surface area is 77.8 Å². The second kappa shape index (κ2) is 4.30. The van der Waals surface area contributed by atoms with E-state index in [1.807, 2.05) is 7.05 Å². The van der Waals surface area contributed by atoms with Gasteiger partial charge in [-0.15, -0.1) is 23.7 Å². The molecule has 1 nitrogen and oxygen atoms in total. The van der Waals surface area contributed by atoms with Crippen molar-refractivity contribution < 1.29 is 0 Å². The second-order valence-electron chi connectivity index (χ2n) is 2.70. The number of nitrogens with one attached hydrogen (secondary N) is 1. The monoisotopic (exact) mass is 179 g/mol. The van der Waals surface area contributed by atoms with Gasteiger partial charge >= 0.3 is 0 Å². The minimum Gasteiger partial charge on any atom is -0.312 e. The van der Waals surface area contributed by atoms with E-state index in [4.69, 9.17) is 6.42 Å². The fourth-order valence-electron chi connectivity index (χ4n) is 1.10. The molecule has 0 amide bonds. The smallest absolute Gasteiger partial charge is 0.0523 e. The number of rotatable bonds is 3. The third-order valence-corrected chi connectivity index (χ3v) is 2.89. The first-order chi connectivity index (χ1) is 5.77. The third kappa shape index (κ3) is 2.10. The quantitative estimate of drug-likeness (QED) is 0.702. The van der Waals surface area contributed by atoms with Crippen molar-refractivity contribution in [1.82, 2.24) is 5.32 Å². The maximum absolute atomic E-state index is 5.26. The van der Waals surface area contributed by atoms with E-state index in [-0.39, 0.29) is 0 Å². The van der Waals surface area contributed by atoms with Crippen LogP contribution in [0.3, 0.4) is 0 Å². The van der Waals surface area contributed by atoms with Gasteiger partial charge in [-0.3, -0.25) is 0 Å². The maximum Gasteiger partial charge on any atom is 0.0523 e. The molecular weight excluding hydrogens is 166 g/mol. The molecule has 0 fully saturated rings. The number of hydrogen-bond acceptors (Lipinski definition) is 2. The molecule has 1 N–H and O–H groups in total. The summed E-state index contributed by atoms with van der Waals surface area (Å²) in [6, 6.07) is 4.59. The molecule has 0 aliphatic carbocycles. The van der Waals surface area contributed by atoms with Gasteiger partial charge in [-0.05, 0) is 26.1 Å². The van der Waals surface area contributed by atoms with Crippen LogP contribution in [-0.2, 0) is 0 Å². The summed E-state index contributed by atoms with van der Waals surface area (Å²) < 4.78 is 0. The Bertz CT molecular complexity index is 282. The molecule has 1 aromatic rings. The molecule has 2 heteroatoms. The zero-order valence-corrected chi connectivity index (χ0v) is 8.24. The SMILES string of the molecule is C#CCC(NC)c1ccc(C)s1. The number of aryl methyl sites for hydroxylation is 1. The van der Waals surface area contributed by atoms with E-state index in [1.165, 1.54) is 9.75 Å². The first kappa shape index (κ1) is 9.31. The van der Waals surface area contributed by atoms with E-state index in [1.54, 1.807) is 11.3 Å². The molecule has 1 atom stereocenters. The highest BCUT2D eigenvalue weighted by molar-refractivity contribution is 7.12. The topological polar surface area (TPSA) is 12.0 Å². The van der Waals surface area contributed by atoms with Crippen LogP contribution in [0.15, 0.2) is 12.1 Å². The summed E-state index contributed by atoms with van der Waals surface area (Å²) in [4.78, 5) is 2.66. The lowest BCUT2D eigenvalue weighted by Crippen LogP contribution is -2.14. The molecule has 0 saturated carbocycles. The lowest BCUT2D eigenvalue weighted by atomic mass is 10.2. The van der Waals surface area contributed by atoms with Crippen molar-refractivity contribution in [1.29, 1.82) is 0 Å². The van der Waals surface area contributed by atoms with Gasteiger partial charge in [-0.2, -0.15) is 0 Å². The molecule has 0 spiro atoms. The minimum absolute atomic E-state index is 0.327. The molecule has 1 rings (SSSR count). The third-order valence-electron chi connectivity index (χ3n) is 1.78. The summed E-state index contributed by atoms with van der Waals surface area (Å²) in [7, 11) is 1.94. The maximum atomic E-state index is 5.26. The van der Waals surface area contributed by atoms with Gasteiger partial charge in [0.05, 0.1) is 6.04 Å². The summed E-state index contributed by atoms with van der Waals surface area (Å²) in [5.41, 5.74) is 0. The number of terminal acetylenes is 1. The second-order valence-corrected chi connectivity index (χ2v) is 4.02. The number of thiophene rings is 1. The van der Waals surface area contributed by atoms with Gasteiger partial charge in [-0.1, -0.05) is 0 Å². The highest BCUT2D eigenvalue weighted by Crippen LogP contribution is 2.24. The fourth-order valence-corrected chi connectivity index (χ4v) is 2.09. The van der Waals surface area contributed by atoms with Crippen molar-refractivity contribution >= 4 is 11.3 Å². The van der Waals surface area contributed by atoms with Gasteiger partial charge in [0.15, 0.2) is 0 Å². The van der Waals surface area contributed by atoms with Crippen LogP contribution < -0.4 is 5.32 Å². The van der Waals surface area contributed by atoms with Gasteiger partial charge in [0.2, 0.25) is 0 Å². The van der Waals surface area contributed by atoms with Gasteiger partial charge in [0.25, 0.3) is 0 Å². The van der Waals surface area contributed by atoms with E-state index < -0.39 is 0 Å². The van der Waals surface area contributed by atoms with Crippen LogP contribution in [0, 0.1) is 19.3 Å². The van der Waals surface area contributed by atoms with Crippen LogP contribution in [-0.4, -0.2) is 7.05 Å². The predicted molar refractivity (Wildman–Crippen MR) is 54.3 cm³/mol. The summed E-state index contributed by atoms with van der Waals surface area (Å²) in [6.07, 6.45) is 6.02. The largest absolute Gasteiger partial charge is 0.312 e. The fraction of sp³-hybridized carbons (Fsp3) is 0.400. The van der Waals surface area contributed by atoms with Gasteiger partial charge in [0.1, 0.15) is 0 Å². The molecule has 0 aliphatic rings. The molecule has 12 heavy (non-hydrogen) atoms. The van der Waals surface area contributed by atoms with E-state index in [0.29, 0.717) is 6.04 Å². The highest BCUT2D eigenvalue weighted by Gasteiger charge is 2.08. The summed E-state index contributed by atoms with van der Waals surface area (Å²) in [5, 5.41) is 3.20. The molecule has 0 aromatic carbocycles. The average Bonchev–Trinajstić information content (AvgIpc) is 2.47. The molecule has 64 valence electrons. The Morgan fingerprint density at radius 3 is 2.83 bits per heavy atom. The molecule has 0 aliphatic heterocycles. The molecule has 1 unspecified atom stereocenters. The van der Waals surface area contributed by atoms with Gasteiger partial charge in [0, 0.05) is 16.2 Å². The lowest BCUT2D eigenvalue weighted by Gasteiger charge is -2.09. The van der Waals surface area contributed by atoms with E-state index >= 15 is 0 Å². The predicted octanol–water partition coefficient (Wildman–Crippen LogP) is 2.34. The normalized spacial score (nSPS) is 12.4. The molecule has 1 aromatic heterocycles. The van der Waals surface area contributed by atoms with Crippen molar-refractivity contribution in [2.45, 2.75) is 19.4 Å². The molecule has 0 saturated heterocycles. The Morgan fingerprint density at radius 2 is 2.42 bits per heavy atom. The Kier molecular flexibility index (Phi) is 3.33. The summed E-state index contributed by atoms with van der Waals surface area (Å²) >= 11 is 1.80. The molecule has 0 bridgehead atoms. The van der Waals surface area contributed by atoms with Crippen molar-refractivity contribution in [3.05, 3.63) is 21.9 Å². The zero-order valence-electron chi connectivity index (χ0n) is 7.42. The van der Waals surface area contributed by atoms with Crippen molar-refractivity contribution in [3.8, 4) is 12.3 Å². The van der Waals surface area contributed by atoms with Crippen LogP contribution in [0.1, 0.15) is 22.2 Å². The Balaban J connectivity index is 2.74. The number of hydrogen-bond donors (Lipinski definition) is 1. The van der Waals surface area contributed by atoms with Crippen molar-refractivity contribution in [2.24, 2.45) is 0 Å². The zero-order chi connectivity index (χ0) is 8.97. The van der Waals surface area contributed by atoms with E-state index in [0.717, 1.165) is 6.42 Å². The van der Waals surface area contributed by atoms with Gasteiger partial charge < -0.3 is 5.32 Å². The molecule has 1 heterocycles. The van der Waals surface area contributed by atoms with Gasteiger partial charge in [-0.25, -0.2) is 0 Å². The average molecular weight is 179 g/mol. The molecular formula is C10H13NS. The Hall–Kier alpha value is -0.780. The van der Waals surface area contributed by atoms with Crippen LogP contribution in [0.25, 0.3) is 0 Å². The summed E-state index contributed by atoms with van der Waals surface area (Å²) in [5.74, 6) is 2.67. The van der Waals surface area contributed by atoms with E-state index in [9.17, 15) is 0 Å².